The van der Waals surface area contributed by atoms with Gasteiger partial charge in [-0.2, -0.15) is 0 Å². The van der Waals surface area contributed by atoms with E-state index >= 15 is 0 Å². The van der Waals surface area contributed by atoms with Crippen LogP contribution >= 0.6 is 0 Å². The van der Waals surface area contributed by atoms with E-state index in [1.54, 1.807) is 0 Å². The number of hydrogen-bond acceptors (Lipinski definition) is 4. The zero-order chi connectivity index (χ0) is 12.5. The maximum atomic E-state index is 12.0. The maximum absolute atomic E-state index is 12.0. The van der Waals surface area contributed by atoms with Crippen LogP contribution in [0.2, 0.25) is 0 Å². The minimum atomic E-state index is -0.450. The van der Waals surface area contributed by atoms with E-state index in [0.717, 1.165) is 19.3 Å². The molecule has 0 bridgehead atoms. The summed E-state index contributed by atoms with van der Waals surface area (Å²) in [5.41, 5.74) is -0.450. The van der Waals surface area contributed by atoms with Crippen molar-refractivity contribution in [3.05, 3.63) is 0 Å². The summed E-state index contributed by atoms with van der Waals surface area (Å²) in [5, 5.41) is 0. The molecule has 98 valence electrons. The Balaban J connectivity index is 2.01. The molecule has 1 spiro atoms. The minimum absolute atomic E-state index is 0.111. The van der Waals surface area contributed by atoms with Crippen LogP contribution in [0.3, 0.4) is 0 Å². The first-order chi connectivity index (χ1) is 8.00. The highest BCUT2D eigenvalue weighted by molar-refractivity contribution is 5.76. The third kappa shape index (κ3) is 2.33. The molecule has 0 N–H and O–H groups in total. The molecule has 4 nitrogen and oxygen atoms in total. The fraction of sp³-hybridized carbons (Fsp3) is 0.923. The number of rotatable bonds is 3. The Kier molecular flexibility index (Phi) is 3.46. The zero-order valence-electron chi connectivity index (χ0n) is 11.0. The predicted octanol–water partition coefficient (Wildman–Crippen LogP) is 2.12. The second-order valence-electron chi connectivity index (χ2n) is 5.49. The topological polar surface area (TPSA) is 44.8 Å². The van der Waals surface area contributed by atoms with Crippen molar-refractivity contribution < 1.29 is 19.0 Å². The van der Waals surface area contributed by atoms with Crippen molar-refractivity contribution in [2.45, 2.75) is 45.8 Å². The van der Waals surface area contributed by atoms with Crippen LogP contribution in [0.5, 0.6) is 0 Å². The summed E-state index contributed by atoms with van der Waals surface area (Å²) in [5.74, 6) is -0.242. The van der Waals surface area contributed by atoms with Gasteiger partial charge in [-0.15, -0.1) is 0 Å². The van der Waals surface area contributed by atoms with Crippen LogP contribution in [0.15, 0.2) is 0 Å². The van der Waals surface area contributed by atoms with Crippen molar-refractivity contribution in [1.29, 1.82) is 0 Å². The first kappa shape index (κ1) is 12.8. The van der Waals surface area contributed by atoms with E-state index in [9.17, 15) is 4.79 Å². The van der Waals surface area contributed by atoms with Crippen LogP contribution in [-0.2, 0) is 19.0 Å². The molecule has 1 saturated heterocycles. The molecule has 2 aliphatic rings. The maximum Gasteiger partial charge on any atom is 0.311 e. The van der Waals surface area contributed by atoms with Crippen molar-refractivity contribution in [2.75, 3.05) is 19.8 Å². The molecule has 1 heterocycles. The van der Waals surface area contributed by atoms with Gasteiger partial charge in [0, 0.05) is 12.8 Å². The zero-order valence-corrected chi connectivity index (χ0v) is 11.0. The van der Waals surface area contributed by atoms with Crippen molar-refractivity contribution in [3.8, 4) is 0 Å². The Morgan fingerprint density at radius 2 is 2.06 bits per heavy atom. The van der Waals surface area contributed by atoms with E-state index in [4.69, 9.17) is 14.2 Å². The van der Waals surface area contributed by atoms with Gasteiger partial charge in [-0.25, -0.2) is 0 Å². The molecule has 4 heteroatoms. The Bertz CT molecular complexity index is 292. The second kappa shape index (κ2) is 4.58. The van der Waals surface area contributed by atoms with Gasteiger partial charge in [0.2, 0.25) is 0 Å². The SMILES string of the molecule is CCOC(=O)C(C)(C)C1CCC2(C1)OCCO2. The third-order valence-electron chi connectivity index (χ3n) is 4.07. The molecule has 0 radical (unpaired) electrons. The molecule has 2 rings (SSSR count). The van der Waals surface area contributed by atoms with Gasteiger partial charge in [-0.1, -0.05) is 0 Å². The lowest BCUT2D eigenvalue weighted by Gasteiger charge is -2.30. The van der Waals surface area contributed by atoms with Crippen molar-refractivity contribution in [2.24, 2.45) is 11.3 Å². The summed E-state index contributed by atoms with van der Waals surface area (Å²) in [6.45, 7) is 7.55. The van der Waals surface area contributed by atoms with Crippen LogP contribution < -0.4 is 0 Å². The van der Waals surface area contributed by atoms with Gasteiger partial charge in [-0.3, -0.25) is 4.79 Å². The van der Waals surface area contributed by atoms with Gasteiger partial charge in [0.15, 0.2) is 5.79 Å². The molecule has 0 aromatic rings. The summed E-state index contributed by atoms with van der Waals surface area (Å²) >= 11 is 0. The van der Waals surface area contributed by atoms with E-state index in [1.807, 2.05) is 20.8 Å². The summed E-state index contributed by atoms with van der Waals surface area (Å²) in [7, 11) is 0. The van der Waals surface area contributed by atoms with E-state index < -0.39 is 11.2 Å². The normalized spacial score (nSPS) is 27.6. The van der Waals surface area contributed by atoms with Crippen LogP contribution in [0.1, 0.15) is 40.0 Å². The summed E-state index contributed by atoms with van der Waals surface area (Å²) in [4.78, 5) is 12.0. The molecule has 1 saturated carbocycles. The van der Waals surface area contributed by atoms with Crippen molar-refractivity contribution in [3.63, 3.8) is 0 Å². The summed E-state index contributed by atoms with van der Waals surface area (Å²) in [6.07, 6.45) is 2.66. The number of ether oxygens (including phenoxy) is 3. The highest BCUT2D eigenvalue weighted by Crippen LogP contribution is 2.48. The van der Waals surface area contributed by atoms with Gasteiger partial charge in [0.25, 0.3) is 0 Å². The van der Waals surface area contributed by atoms with Crippen LogP contribution in [0.4, 0.5) is 0 Å². The van der Waals surface area contributed by atoms with Gasteiger partial charge < -0.3 is 14.2 Å². The number of esters is 1. The van der Waals surface area contributed by atoms with E-state index in [0.29, 0.717) is 19.8 Å². The van der Waals surface area contributed by atoms with Crippen LogP contribution in [0, 0.1) is 11.3 Å². The third-order valence-corrected chi connectivity index (χ3v) is 4.07. The van der Waals surface area contributed by atoms with E-state index in [2.05, 4.69) is 0 Å². The largest absolute Gasteiger partial charge is 0.466 e. The predicted molar refractivity (Wildman–Crippen MR) is 62.4 cm³/mol. The highest BCUT2D eigenvalue weighted by atomic mass is 16.7. The molecule has 1 aliphatic carbocycles. The lowest BCUT2D eigenvalue weighted by Crippen LogP contribution is -2.35. The average molecular weight is 242 g/mol. The van der Waals surface area contributed by atoms with Gasteiger partial charge in [0.1, 0.15) is 0 Å². The van der Waals surface area contributed by atoms with Crippen LogP contribution in [-0.4, -0.2) is 31.6 Å². The van der Waals surface area contributed by atoms with E-state index in [1.165, 1.54) is 0 Å². The molecule has 0 amide bonds. The van der Waals surface area contributed by atoms with Crippen molar-refractivity contribution in [1.82, 2.24) is 0 Å². The summed E-state index contributed by atoms with van der Waals surface area (Å²) in [6, 6.07) is 0. The molecule has 0 aromatic heterocycles. The second-order valence-corrected chi connectivity index (χ2v) is 5.49. The van der Waals surface area contributed by atoms with E-state index in [-0.39, 0.29) is 11.9 Å². The lowest BCUT2D eigenvalue weighted by atomic mass is 9.77. The molecular formula is C13H22O4. The average Bonchev–Trinajstić information content (AvgIpc) is 2.90. The van der Waals surface area contributed by atoms with Gasteiger partial charge in [0.05, 0.1) is 25.2 Å². The first-order valence-electron chi connectivity index (χ1n) is 6.45. The molecule has 1 atom stereocenters. The monoisotopic (exact) mass is 242 g/mol. The first-order valence-corrected chi connectivity index (χ1v) is 6.45. The standard InChI is InChI=1S/C13H22O4/c1-4-15-11(14)12(2,3)10-5-6-13(9-10)16-7-8-17-13/h10H,4-9H2,1-3H3. The fourth-order valence-corrected chi connectivity index (χ4v) is 2.83. The molecule has 0 aromatic carbocycles. The highest BCUT2D eigenvalue weighted by Gasteiger charge is 2.51. The Morgan fingerprint density at radius 3 is 2.65 bits per heavy atom. The fourth-order valence-electron chi connectivity index (χ4n) is 2.83. The number of hydrogen-bond donors (Lipinski definition) is 0. The smallest absolute Gasteiger partial charge is 0.311 e. The minimum Gasteiger partial charge on any atom is -0.466 e. The van der Waals surface area contributed by atoms with Crippen molar-refractivity contribution >= 4 is 5.97 Å². The molecule has 1 aliphatic heterocycles. The molecule has 1 unspecified atom stereocenters. The number of carbonyl (C=O) groups excluding carboxylic acids is 1. The summed E-state index contributed by atoms with van der Waals surface area (Å²) < 4.78 is 16.5. The molecule has 17 heavy (non-hydrogen) atoms. The quantitative estimate of drug-likeness (QED) is 0.711. The Labute approximate surface area is 103 Å². The molecule has 2 fully saturated rings. The molecular weight excluding hydrogens is 220 g/mol. The number of carbonyl (C=O) groups is 1. The van der Waals surface area contributed by atoms with Gasteiger partial charge >= 0.3 is 5.97 Å². The Hall–Kier alpha value is -0.610. The lowest BCUT2D eigenvalue weighted by molar-refractivity contribution is -0.164. The van der Waals surface area contributed by atoms with Crippen LogP contribution in [0.25, 0.3) is 0 Å². The Morgan fingerprint density at radius 1 is 1.41 bits per heavy atom. The van der Waals surface area contributed by atoms with Gasteiger partial charge in [-0.05, 0) is 33.1 Å².